The maximum absolute atomic E-state index is 12.9. The minimum atomic E-state index is -0.950. The molecular formula is C21H19ClN2O8. The van der Waals surface area contributed by atoms with Gasteiger partial charge in [-0.1, -0.05) is 23.3 Å². The second-order valence-corrected chi connectivity index (χ2v) is 8.96. The summed E-state index contributed by atoms with van der Waals surface area (Å²) < 4.78 is 5.18. The zero-order valence-corrected chi connectivity index (χ0v) is 17.5. The summed E-state index contributed by atoms with van der Waals surface area (Å²) >= 11 is 6.18. The molecule has 4 aliphatic rings. The number of amides is 4. The third kappa shape index (κ3) is 2.60. The quantitative estimate of drug-likeness (QED) is 0.340. The van der Waals surface area contributed by atoms with Gasteiger partial charge in [0.05, 0.1) is 35.8 Å². The molecule has 168 valence electrons. The lowest BCUT2D eigenvalue weighted by molar-refractivity contribution is -0.174. The Kier molecular flexibility index (Phi) is 4.59. The summed E-state index contributed by atoms with van der Waals surface area (Å²) in [5.41, 5.74) is 1.12. The van der Waals surface area contributed by atoms with Crippen LogP contribution in [-0.4, -0.2) is 56.4 Å². The Labute approximate surface area is 186 Å². The molecular weight excluding hydrogens is 444 g/mol. The standard InChI is InChI=1S/C21H19ClN2O8/c1-32-13-5-7(4-12(22)17(13)25)14-8-2-3-9-15(20(28)23(30)18(9)26)10(8)6-11-16(14)21(29)24(31)19(11)27/h2,4-5,9-11,14-16,25,30-31H,3,6H2,1H3/t9-,10+,11+,14-,15-,16+/m0/s1. The fraction of sp³-hybridized carbons (Fsp3) is 0.429. The van der Waals surface area contributed by atoms with Crippen molar-refractivity contribution in [2.75, 3.05) is 7.11 Å². The van der Waals surface area contributed by atoms with Crippen molar-refractivity contribution in [3.05, 3.63) is 34.4 Å². The molecule has 32 heavy (non-hydrogen) atoms. The Hall–Kier alpha value is -2.95. The number of methoxy groups -OCH3 is 1. The molecule has 0 aromatic heterocycles. The Balaban J connectivity index is 1.69. The number of allylic oxidation sites excluding steroid dienone is 2. The number of fused-ring (bicyclic) bond motifs is 4. The highest BCUT2D eigenvalue weighted by molar-refractivity contribution is 6.32. The Morgan fingerprint density at radius 1 is 0.938 bits per heavy atom. The van der Waals surface area contributed by atoms with Crippen LogP contribution in [0.5, 0.6) is 11.5 Å². The summed E-state index contributed by atoms with van der Waals surface area (Å²) in [7, 11) is 1.34. The second-order valence-electron chi connectivity index (χ2n) is 8.55. The summed E-state index contributed by atoms with van der Waals surface area (Å²) in [5.74, 6) is -8.07. The highest BCUT2D eigenvalue weighted by Crippen LogP contribution is 2.58. The first-order valence-electron chi connectivity index (χ1n) is 10.1. The third-order valence-electron chi connectivity index (χ3n) is 7.23. The number of carbonyl (C=O) groups is 4. The van der Waals surface area contributed by atoms with Gasteiger partial charge >= 0.3 is 0 Å². The van der Waals surface area contributed by atoms with Gasteiger partial charge in [0.25, 0.3) is 23.6 Å². The molecule has 5 rings (SSSR count). The van der Waals surface area contributed by atoms with Gasteiger partial charge in [0.2, 0.25) is 0 Å². The van der Waals surface area contributed by atoms with Gasteiger partial charge in [-0.15, -0.1) is 0 Å². The van der Waals surface area contributed by atoms with Crippen molar-refractivity contribution >= 4 is 35.2 Å². The molecule has 2 aliphatic carbocycles. The van der Waals surface area contributed by atoms with E-state index in [-0.39, 0.29) is 39.5 Å². The van der Waals surface area contributed by atoms with Crippen molar-refractivity contribution < 1.29 is 39.4 Å². The van der Waals surface area contributed by atoms with E-state index in [1.807, 2.05) is 0 Å². The Morgan fingerprint density at radius 3 is 2.22 bits per heavy atom. The van der Waals surface area contributed by atoms with E-state index in [1.54, 1.807) is 6.08 Å². The molecule has 0 radical (unpaired) electrons. The van der Waals surface area contributed by atoms with E-state index in [1.165, 1.54) is 19.2 Å². The normalized spacial score (nSPS) is 33.8. The number of hydrogen-bond acceptors (Lipinski definition) is 8. The summed E-state index contributed by atoms with van der Waals surface area (Å²) in [6.45, 7) is 0. The van der Waals surface area contributed by atoms with Gasteiger partial charge in [-0.2, -0.15) is 10.1 Å². The lowest BCUT2D eigenvalue weighted by Crippen LogP contribution is -2.43. The van der Waals surface area contributed by atoms with E-state index < -0.39 is 59.1 Å². The molecule has 10 nitrogen and oxygen atoms in total. The third-order valence-corrected chi connectivity index (χ3v) is 7.52. The van der Waals surface area contributed by atoms with Crippen LogP contribution in [0.15, 0.2) is 23.8 Å². The van der Waals surface area contributed by atoms with Crippen LogP contribution in [0.2, 0.25) is 5.02 Å². The van der Waals surface area contributed by atoms with Crippen LogP contribution < -0.4 is 4.74 Å². The number of phenols is 1. The lowest BCUT2D eigenvalue weighted by atomic mass is 9.57. The summed E-state index contributed by atoms with van der Waals surface area (Å²) in [6, 6.07) is 2.95. The van der Waals surface area contributed by atoms with E-state index >= 15 is 0 Å². The molecule has 11 heteroatoms. The molecule has 6 atom stereocenters. The Morgan fingerprint density at radius 2 is 1.56 bits per heavy atom. The van der Waals surface area contributed by atoms with Crippen molar-refractivity contribution in [3.8, 4) is 11.5 Å². The monoisotopic (exact) mass is 462 g/mol. The average molecular weight is 463 g/mol. The van der Waals surface area contributed by atoms with Gasteiger partial charge in [-0.3, -0.25) is 29.6 Å². The van der Waals surface area contributed by atoms with Gasteiger partial charge in [-0.05, 0) is 36.5 Å². The van der Waals surface area contributed by atoms with Crippen molar-refractivity contribution in [3.63, 3.8) is 0 Å². The second kappa shape index (κ2) is 7.03. The molecule has 1 aromatic rings. The number of hydrogen-bond donors (Lipinski definition) is 3. The number of aromatic hydroxyl groups is 1. The van der Waals surface area contributed by atoms with E-state index in [0.717, 1.165) is 0 Å². The first-order chi connectivity index (χ1) is 15.2. The number of halogens is 1. The van der Waals surface area contributed by atoms with E-state index in [9.17, 15) is 34.7 Å². The molecule has 2 aliphatic heterocycles. The Bertz CT molecular complexity index is 1120. The SMILES string of the molecule is COc1cc([C@H]2C3=CC[C@@H]4C(=O)N(O)C(=O)[C@@H]4[C@@H]3C[C@H]3C(=O)N(O)C(=O)[C@@H]23)cc(Cl)c1O. The van der Waals surface area contributed by atoms with Crippen LogP contribution in [0.1, 0.15) is 24.3 Å². The zero-order chi connectivity index (χ0) is 23.1. The molecule has 3 fully saturated rings. The predicted octanol–water partition coefficient (Wildman–Crippen LogP) is 1.47. The van der Waals surface area contributed by atoms with Crippen molar-refractivity contribution in [2.24, 2.45) is 29.6 Å². The molecule has 0 bridgehead atoms. The van der Waals surface area contributed by atoms with Gasteiger partial charge in [0.1, 0.15) is 0 Å². The number of carbonyl (C=O) groups excluding carboxylic acids is 4. The van der Waals surface area contributed by atoms with Gasteiger partial charge < -0.3 is 9.84 Å². The minimum absolute atomic E-state index is 0.0291. The number of imide groups is 2. The van der Waals surface area contributed by atoms with Crippen LogP contribution in [0, 0.1) is 29.6 Å². The maximum atomic E-state index is 12.9. The van der Waals surface area contributed by atoms with Crippen molar-refractivity contribution in [2.45, 2.75) is 18.8 Å². The molecule has 4 amide bonds. The van der Waals surface area contributed by atoms with E-state index in [2.05, 4.69) is 0 Å². The molecule has 2 saturated heterocycles. The number of benzene rings is 1. The molecule has 2 heterocycles. The van der Waals surface area contributed by atoms with Crippen LogP contribution in [-0.2, 0) is 19.2 Å². The zero-order valence-electron chi connectivity index (χ0n) is 16.8. The molecule has 1 aromatic carbocycles. The van der Waals surface area contributed by atoms with Crippen molar-refractivity contribution in [1.82, 2.24) is 10.1 Å². The smallest absolute Gasteiger partial charge is 0.258 e. The fourth-order valence-electron chi connectivity index (χ4n) is 5.86. The largest absolute Gasteiger partial charge is 0.503 e. The lowest BCUT2D eigenvalue weighted by Gasteiger charge is -2.43. The topological polar surface area (TPSA) is 145 Å². The summed E-state index contributed by atoms with van der Waals surface area (Å²) in [5, 5.41) is 30.3. The molecule has 0 unspecified atom stereocenters. The summed E-state index contributed by atoms with van der Waals surface area (Å²) in [4.78, 5) is 50.6. The van der Waals surface area contributed by atoms with E-state index in [4.69, 9.17) is 16.3 Å². The molecule has 3 N–H and O–H groups in total. The number of nitrogens with zero attached hydrogens (tertiary/aromatic N) is 2. The molecule has 0 spiro atoms. The predicted molar refractivity (Wildman–Crippen MR) is 104 cm³/mol. The maximum Gasteiger partial charge on any atom is 0.258 e. The number of phenolic OH excluding ortho intramolecular Hbond substituents is 1. The van der Waals surface area contributed by atoms with Crippen LogP contribution >= 0.6 is 11.6 Å². The van der Waals surface area contributed by atoms with Crippen LogP contribution in [0.25, 0.3) is 0 Å². The molecule has 1 saturated carbocycles. The minimum Gasteiger partial charge on any atom is -0.503 e. The van der Waals surface area contributed by atoms with Crippen LogP contribution in [0.4, 0.5) is 0 Å². The fourth-order valence-corrected chi connectivity index (χ4v) is 6.08. The number of hydroxylamine groups is 4. The van der Waals surface area contributed by atoms with Gasteiger partial charge in [-0.25, -0.2) is 0 Å². The number of ether oxygens (including phenoxy) is 1. The van der Waals surface area contributed by atoms with Gasteiger partial charge in [0.15, 0.2) is 11.5 Å². The highest BCUT2D eigenvalue weighted by atomic mass is 35.5. The van der Waals surface area contributed by atoms with Crippen molar-refractivity contribution in [1.29, 1.82) is 0 Å². The average Bonchev–Trinajstić information content (AvgIpc) is 3.14. The highest BCUT2D eigenvalue weighted by Gasteiger charge is 2.62. The first kappa shape index (κ1) is 20.9. The van der Waals surface area contributed by atoms with E-state index in [0.29, 0.717) is 11.1 Å². The summed E-state index contributed by atoms with van der Waals surface area (Å²) in [6.07, 6.45) is 2.02. The van der Waals surface area contributed by atoms with Crippen LogP contribution in [0.3, 0.4) is 0 Å². The first-order valence-corrected chi connectivity index (χ1v) is 10.4. The number of rotatable bonds is 2. The van der Waals surface area contributed by atoms with Gasteiger partial charge in [0, 0.05) is 5.92 Å².